The summed E-state index contributed by atoms with van der Waals surface area (Å²) in [5.74, 6) is 4.37. The fraction of sp³-hybridized carbons (Fsp3) is 0.268. The molecule has 5 nitrogen and oxygen atoms in total. The van der Waals surface area contributed by atoms with Crippen molar-refractivity contribution in [3.05, 3.63) is 134 Å². The minimum Gasteiger partial charge on any atom is -0.493 e. The van der Waals surface area contributed by atoms with Crippen LogP contribution in [0, 0.1) is 20.8 Å². The van der Waals surface area contributed by atoms with Gasteiger partial charge < -0.3 is 23.7 Å². The summed E-state index contributed by atoms with van der Waals surface area (Å²) >= 11 is 19.8. The molecule has 49 heavy (non-hydrogen) atoms. The van der Waals surface area contributed by atoms with Gasteiger partial charge in [-0.05, 0) is 124 Å². The van der Waals surface area contributed by atoms with E-state index in [-0.39, 0.29) is 12.7 Å². The van der Waals surface area contributed by atoms with Gasteiger partial charge in [0.15, 0.2) is 11.5 Å². The number of hydrogen-bond donors (Lipinski definition) is 0. The van der Waals surface area contributed by atoms with Gasteiger partial charge in [0.25, 0.3) is 0 Å². The first kappa shape index (κ1) is 37.8. The number of aryl methyl sites for hydroxylation is 3. The van der Waals surface area contributed by atoms with Crippen molar-refractivity contribution in [2.45, 2.75) is 60.0 Å². The Bertz CT molecular complexity index is 1840. The second-order valence-electron chi connectivity index (χ2n) is 12.0. The van der Waals surface area contributed by atoms with E-state index in [4.69, 9.17) is 58.5 Å². The van der Waals surface area contributed by atoms with Crippen molar-refractivity contribution in [1.29, 1.82) is 0 Å². The highest BCUT2D eigenvalue weighted by Gasteiger charge is 2.17. The molecule has 4 aromatic rings. The second-order valence-corrected chi connectivity index (χ2v) is 13.3. The van der Waals surface area contributed by atoms with Crippen molar-refractivity contribution in [3.63, 3.8) is 0 Å². The van der Waals surface area contributed by atoms with E-state index in [0.717, 1.165) is 51.3 Å². The average molecular weight is 722 g/mol. The van der Waals surface area contributed by atoms with Crippen molar-refractivity contribution < 1.29 is 23.7 Å². The Morgan fingerprint density at radius 2 is 1.41 bits per heavy atom. The smallest absolute Gasteiger partial charge is 0.172 e. The van der Waals surface area contributed by atoms with Gasteiger partial charge in [0, 0.05) is 23.1 Å². The Morgan fingerprint density at radius 1 is 0.735 bits per heavy atom. The molecule has 0 N–H and O–H groups in total. The second kappa shape index (κ2) is 17.6. The van der Waals surface area contributed by atoms with Gasteiger partial charge >= 0.3 is 0 Å². The molecule has 0 fully saturated rings. The first-order chi connectivity index (χ1) is 23.4. The van der Waals surface area contributed by atoms with Gasteiger partial charge in [0.1, 0.15) is 35.4 Å². The molecule has 0 saturated heterocycles. The zero-order valence-electron chi connectivity index (χ0n) is 28.9. The predicted octanol–water partition coefficient (Wildman–Crippen LogP) is 12.5. The predicted molar refractivity (Wildman–Crippen MR) is 203 cm³/mol. The summed E-state index contributed by atoms with van der Waals surface area (Å²) in [5.41, 5.74) is 5.93. The van der Waals surface area contributed by atoms with E-state index < -0.39 is 0 Å². The molecule has 0 radical (unpaired) electrons. The first-order valence-corrected chi connectivity index (χ1v) is 17.2. The van der Waals surface area contributed by atoms with E-state index in [9.17, 15) is 0 Å². The van der Waals surface area contributed by atoms with Crippen LogP contribution in [-0.4, -0.2) is 19.8 Å². The average Bonchev–Trinajstić information content (AvgIpc) is 3.03. The van der Waals surface area contributed by atoms with Crippen molar-refractivity contribution >= 4 is 34.8 Å². The highest BCUT2D eigenvalue weighted by molar-refractivity contribution is 6.32. The van der Waals surface area contributed by atoms with E-state index in [0.29, 0.717) is 56.7 Å². The Balaban J connectivity index is 1.41. The molecule has 0 saturated carbocycles. The third-order valence-electron chi connectivity index (χ3n) is 7.59. The quantitative estimate of drug-likeness (QED) is 0.108. The summed E-state index contributed by atoms with van der Waals surface area (Å²) < 4.78 is 30.1. The molecule has 0 heterocycles. The van der Waals surface area contributed by atoms with Crippen LogP contribution in [0.25, 0.3) is 0 Å². The molecule has 258 valence electrons. The van der Waals surface area contributed by atoms with Crippen LogP contribution in [0.15, 0.2) is 91.0 Å². The summed E-state index contributed by atoms with van der Waals surface area (Å²) in [6.07, 6.45) is 7.41. The number of halogens is 3. The molecule has 0 aliphatic heterocycles. The Morgan fingerprint density at radius 3 is 2.08 bits per heavy atom. The fourth-order valence-corrected chi connectivity index (χ4v) is 6.00. The lowest BCUT2D eigenvalue weighted by atomic mass is 10.0. The highest BCUT2D eigenvalue weighted by atomic mass is 35.5. The van der Waals surface area contributed by atoms with E-state index in [2.05, 4.69) is 13.2 Å². The van der Waals surface area contributed by atoms with E-state index in [1.807, 2.05) is 95.3 Å². The monoisotopic (exact) mass is 720 g/mol. The Labute approximate surface area is 305 Å². The third kappa shape index (κ3) is 10.2. The third-order valence-corrected chi connectivity index (χ3v) is 8.47. The number of rotatable bonds is 16. The molecular formula is C41H43Cl3O5. The molecule has 4 rings (SSSR count). The maximum Gasteiger partial charge on any atom is 0.172 e. The Hall–Kier alpha value is -4.03. The van der Waals surface area contributed by atoms with Crippen molar-refractivity contribution in [2.24, 2.45) is 0 Å². The van der Waals surface area contributed by atoms with E-state index in [1.165, 1.54) is 0 Å². The molecular weight excluding hydrogens is 679 g/mol. The lowest BCUT2D eigenvalue weighted by molar-refractivity contribution is 0.242. The van der Waals surface area contributed by atoms with Crippen LogP contribution < -0.4 is 23.7 Å². The fourth-order valence-electron chi connectivity index (χ4n) is 5.32. The molecule has 0 spiro atoms. The van der Waals surface area contributed by atoms with Crippen LogP contribution in [0.3, 0.4) is 0 Å². The van der Waals surface area contributed by atoms with Crippen LogP contribution in [-0.2, 0) is 19.3 Å². The van der Waals surface area contributed by atoms with Gasteiger partial charge in [-0.2, -0.15) is 0 Å². The topological polar surface area (TPSA) is 46.2 Å². The normalized spacial score (nSPS) is 11.3. The number of methoxy groups -OCH3 is 1. The zero-order chi connectivity index (χ0) is 35.7. The molecule has 8 heteroatoms. The van der Waals surface area contributed by atoms with Gasteiger partial charge in [0.05, 0.1) is 23.3 Å². The number of allylic oxidation sites excluding steroid dienone is 3. The molecule has 0 unspecified atom stereocenters. The van der Waals surface area contributed by atoms with E-state index in [1.54, 1.807) is 19.2 Å². The number of ether oxygens (including phenoxy) is 5. The lowest BCUT2D eigenvalue weighted by Gasteiger charge is -2.18. The van der Waals surface area contributed by atoms with Crippen molar-refractivity contribution in [1.82, 2.24) is 0 Å². The van der Waals surface area contributed by atoms with Gasteiger partial charge in [-0.15, -0.1) is 13.2 Å². The molecule has 0 bridgehead atoms. The minimum absolute atomic E-state index is 0.0655. The maximum absolute atomic E-state index is 6.64. The number of hydrogen-bond acceptors (Lipinski definition) is 5. The standard InChI is InChI=1S/C41H43Cl3O5/c1-9-11-30-23-38(35(43)19-26(30)5)49-41-27(6)17-29(21-39(41)45-8)20-32(42)15-16-46-33-13-14-37(36(44)24-33)48-40-28(7)18-34(47-25(3)4)22-31(40)12-10-2/h9-10,13-15,17-19,21-25H,1-2,11-12,16,20H2,3-8H3/b32-15+. The van der Waals surface area contributed by atoms with Gasteiger partial charge in [-0.25, -0.2) is 0 Å². The van der Waals surface area contributed by atoms with Crippen molar-refractivity contribution in [3.8, 4) is 40.2 Å². The van der Waals surface area contributed by atoms with Crippen LogP contribution in [0.5, 0.6) is 40.2 Å². The highest BCUT2D eigenvalue weighted by Crippen LogP contribution is 2.41. The largest absolute Gasteiger partial charge is 0.493 e. The Kier molecular flexibility index (Phi) is 13.6. The molecule has 0 atom stereocenters. The zero-order valence-corrected chi connectivity index (χ0v) is 31.2. The minimum atomic E-state index is 0.0655. The lowest BCUT2D eigenvalue weighted by Crippen LogP contribution is -2.06. The summed E-state index contributed by atoms with van der Waals surface area (Å²) in [5, 5.41) is 1.57. The first-order valence-electron chi connectivity index (χ1n) is 16.0. The molecule has 0 aromatic heterocycles. The number of benzene rings is 4. The molecule has 0 amide bonds. The van der Waals surface area contributed by atoms with Crippen LogP contribution in [0.2, 0.25) is 10.0 Å². The van der Waals surface area contributed by atoms with Gasteiger partial charge in [-0.1, -0.05) is 53.0 Å². The summed E-state index contributed by atoms with van der Waals surface area (Å²) in [6, 6.07) is 17.1. The SMILES string of the molecule is C=CCc1cc(Oc2c(C)cc(C/C(Cl)=C\COc3ccc(Oc4c(C)cc(OC(C)C)cc4CC=C)c(Cl)c3)cc2OC)c(Cl)cc1C. The van der Waals surface area contributed by atoms with Crippen molar-refractivity contribution in [2.75, 3.05) is 13.7 Å². The maximum atomic E-state index is 6.64. The van der Waals surface area contributed by atoms with Crippen LogP contribution >= 0.6 is 34.8 Å². The summed E-state index contributed by atoms with van der Waals surface area (Å²) in [6.45, 7) is 17.9. The van der Waals surface area contributed by atoms with E-state index >= 15 is 0 Å². The van der Waals surface area contributed by atoms with Crippen LogP contribution in [0.4, 0.5) is 0 Å². The molecule has 0 aliphatic rings. The van der Waals surface area contributed by atoms with Crippen LogP contribution in [0.1, 0.15) is 47.2 Å². The summed E-state index contributed by atoms with van der Waals surface area (Å²) in [4.78, 5) is 0. The molecule has 4 aromatic carbocycles. The summed E-state index contributed by atoms with van der Waals surface area (Å²) in [7, 11) is 1.61. The van der Waals surface area contributed by atoms with Gasteiger partial charge in [-0.3, -0.25) is 0 Å². The van der Waals surface area contributed by atoms with Gasteiger partial charge in [0.2, 0.25) is 0 Å². The molecule has 0 aliphatic carbocycles.